The minimum absolute atomic E-state index is 0.734. The number of benzene rings is 6. The lowest BCUT2D eigenvalue weighted by Gasteiger charge is -2.28. The SMILES string of the molecule is O=P(C1=CC=C(C2=CC=C(P(=O)(c3ccccc3)c3ccc4ccccc4c3)CC2)CC1)(c1ccccc1)c1ccc2ccccc2c1. The number of hydrogen-bond acceptors (Lipinski definition) is 2. The van der Waals surface area contributed by atoms with E-state index in [0.717, 1.165) is 79.1 Å². The predicted molar refractivity (Wildman–Crippen MR) is 205 cm³/mol. The van der Waals surface area contributed by atoms with Crippen molar-refractivity contribution in [1.29, 1.82) is 0 Å². The molecule has 4 heteroatoms. The van der Waals surface area contributed by atoms with Crippen molar-refractivity contribution in [2.45, 2.75) is 25.7 Å². The summed E-state index contributed by atoms with van der Waals surface area (Å²) in [4.78, 5) is 0. The van der Waals surface area contributed by atoms with Crippen LogP contribution in [0.5, 0.6) is 0 Å². The monoisotopic (exact) mass is 658 g/mol. The van der Waals surface area contributed by atoms with Crippen molar-refractivity contribution >= 4 is 57.0 Å². The largest absolute Gasteiger partial charge is 0.309 e. The molecule has 2 aliphatic rings. The zero-order valence-electron chi connectivity index (χ0n) is 26.7. The summed E-state index contributed by atoms with van der Waals surface area (Å²) in [7, 11) is -6.08. The average molecular weight is 659 g/mol. The fraction of sp³-hybridized carbons (Fsp3) is 0.0909. The molecular formula is C44H36O2P2. The van der Waals surface area contributed by atoms with E-state index in [1.807, 2.05) is 97.1 Å². The van der Waals surface area contributed by atoms with Gasteiger partial charge in [0.05, 0.1) is 0 Å². The van der Waals surface area contributed by atoms with Gasteiger partial charge in [-0.15, -0.1) is 0 Å². The summed E-state index contributed by atoms with van der Waals surface area (Å²) in [5.41, 5.74) is 2.54. The molecule has 0 saturated carbocycles. The fourth-order valence-electron chi connectivity index (χ4n) is 7.29. The molecule has 2 nitrogen and oxygen atoms in total. The first-order valence-electron chi connectivity index (χ1n) is 16.6. The zero-order valence-corrected chi connectivity index (χ0v) is 28.5. The molecule has 0 fully saturated rings. The van der Waals surface area contributed by atoms with E-state index in [0.29, 0.717) is 0 Å². The minimum Gasteiger partial charge on any atom is -0.309 e. The predicted octanol–water partition coefficient (Wildman–Crippen LogP) is 10.5. The highest BCUT2D eigenvalue weighted by molar-refractivity contribution is 7.82. The second-order valence-corrected chi connectivity index (χ2v) is 18.3. The second-order valence-electron chi connectivity index (χ2n) is 12.7. The van der Waals surface area contributed by atoms with Gasteiger partial charge in [-0.2, -0.15) is 0 Å². The molecule has 0 heterocycles. The van der Waals surface area contributed by atoms with Gasteiger partial charge in [-0.3, -0.25) is 0 Å². The Morgan fingerprint density at radius 1 is 0.333 bits per heavy atom. The summed E-state index contributed by atoms with van der Waals surface area (Å²) in [6.45, 7) is 0. The zero-order chi connectivity index (χ0) is 32.6. The van der Waals surface area contributed by atoms with Crippen molar-refractivity contribution in [1.82, 2.24) is 0 Å². The first-order valence-corrected chi connectivity index (χ1v) is 20.1. The summed E-state index contributed by atoms with van der Waals surface area (Å²) < 4.78 is 30.5. The lowest BCUT2D eigenvalue weighted by Crippen LogP contribution is -2.19. The molecule has 8 rings (SSSR count). The van der Waals surface area contributed by atoms with Gasteiger partial charge >= 0.3 is 0 Å². The average Bonchev–Trinajstić information content (AvgIpc) is 3.17. The molecule has 6 aromatic rings. The van der Waals surface area contributed by atoms with Crippen LogP contribution in [0.2, 0.25) is 0 Å². The molecule has 2 atom stereocenters. The molecule has 0 aromatic heterocycles. The van der Waals surface area contributed by atoms with E-state index in [4.69, 9.17) is 0 Å². The maximum Gasteiger partial charge on any atom is 0.167 e. The van der Waals surface area contributed by atoms with Crippen LogP contribution in [0, 0.1) is 0 Å². The van der Waals surface area contributed by atoms with E-state index >= 15 is 9.13 Å². The van der Waals surface area contributed by atoms with Gasteiger partial charge in [-0.05, 0) is 81.1 Å². The smallest absolute Gasteiger partial charge is 0.167 e. The normalized spacial score (nSPS) is 17.4. The maximum atomic E-state index is 15.2. The highest BCUT2D eigenvalue weighted by Gasteiger charge is 2.35. The van der Waals surface area contributed by atoms with E-state index in [9.17, 15) is 0 Å². The third-order valence-electron chi connectivity index (χ3n) is 9.91. The van der Waals surface area contributed by atoms with Crippen molar-refractivity contribution in [3.05, 3.63) is 192 Å². The molecule has 0 saturated heterocycles. The van der Waals surface area contributed by atoms with Gasteiger partial charge in [0, 0.05) is 21.2 Å². The molecule has 0 amide bonds. The molecule has 6 aromatic carbocycles. The summed E-state index contributed by atoms with van der Waals surface area (Å²) in [5.74, 6) is 0. The van der Waals surface area contributed by atoms with Crippen LogP contribution in [-0.2, 0) is 9.13 Å². The Morgan fingerprint density at radius 3 is 1.08 bits per heavy atom. The lowest BCUT2D eigenvalue weighted by molar-refractivity contribution is 0.588. The van der Waals surface area contributed by atoms with Crippen LogP contribution in [-0.4, -0.2) is 0 Å². The second kappa shape index (κ2) is 12.7. The molecule has 0 aliphatic heterocycles. The van der Waals surface area contributed by atoms with E-state index in [1.54, 1.807) is 0 Å². The van der Waals surface area contributed by atoms with Crippen LogP contribution >= 0.6 is 14.3 Å². The standard InChI is InChI=1S/C44H36O2P2/c45-47(39-15-3-1-4-16-39,43-29-23-33-11-7-9-13-37(33)31-43)41-25-19-35(20-26-41)36-21-27-42(28-22-36)48(46,40-17-5-2-6-18-40)44-30-24-34-12-8-10-14-38(34)32-44/h1-19,21,23-25,27,29-32H,20,22,26,28H2. The summed E-state index contributed by atoms with van der Waals surface area (Å²) in [6.07, 6.45) is 11.7. The Kier molecular flexibility index (Phi) is 8.09. The van der Waals surface area contributed by atoms with Crippen LogP contribution in [0.15, 0.2) is 192 Å². The van der Waals surface area contributed by atoms with E-state index in [2.05, 4.69) is 72.8 Å². The number of allylic oxidation sites excluding steroid dienone is 8. The van der Waals surface area contributed by atoms with Gasteiger partial charge in [-0.25, -0.2) is 0 Å². The molecule has 48 heavy (non-hydrogen) atoms. The van der Waals surface area contributed by atoms with Gasteiger partial charge in [0.15, 0.2) is 14.3 Å². The van der Waals surface area contributed by atoms with Crippen molar-refractivity contribution in [3.63, 3.8) is 0 Å². The lowest BCUT2D eigenvalue weighted by atomic mass is 9.91. The van der Waals surface area contributed by atoms with Crippen LogP contribution in [0.4, 0.5) is 0 Å². The Balaban J connectivity index is 1.16. The van der Waals surface area contributed by atoms with Crippen LogP contribution in [0.1, 0.15) is 25.7 Å². The molecular weight excluding hydrogens is 622 g/mol. The molecule has 0 bridgehead atoms. The van der Waals surface area contributed by atoms with Crippen LogP contribution < -0.4 is 21.2 Å². The molecule has 2 aliphatic carbocycles. The van der Waals surface area contributed by atoms with Crippen LogP contribution in [0.3, 0.4) is 0 Å². The van der Waals surface area contributed by atoms with Crippen LogP contribution in [0.25, 0.3) is 21.5 Å². The third kappa shape index (κ3) is 5.40. The van der Waals surface area contributed by atoms with Crippen molar-refractivity contribution in [2.75, 3.05) is 0 Å². The summed E-state index contributed by atoms with van der Waals surface area (Å²) in [6, 6.07) is 48.9. The van der Waals surface area contributed by atoms with Crippen molar-refractivity contribution in [3.8, 4) is 0 Å². The Labute approximate surface area is 282 Å². The number of hydrogen-bond donors (Lipinski definition) is 0. The summed E-state index contributed by atoms with van der Waals surface area (Å²) in [5, 5.41) is 9.99. The van der Waals surface area contributed by atoms with Gasteiger partial charge in [-0.1, -0.05) is 158 Å². The summed E-state index contributed by atoms with van der Waals surface area (Å²) >= 11 is 0. The molecule has 234 valence electrons. The van der Waals surface area contributed by atoms with Gasteiger partial charge < -0.3 is 9.13 Å². The van der Waals surface area contributed by atoms with E-state index in [-0.39, 0.29) is 0 Å². The molecule has 0 N–H and O–H groups in total. The van der Waals surface area contributed by atoms with E-state index in [1.165, 1.54) is 11.1 Å². The maximum absolute atomic E-state index is 15.2. The number of rotatable bonds is 7. The van der Waals surface area contributed by atoms with Gasteiger partial charge in [0.2, 0.25) is 0 Å². The van der Waals surface area contributed by atoms with E-state index < -0.39 is 14.3 Å². The van der Waals surface area contributed by atoms with Crippen molar-refractivity contribution < 1.29 is 9.13 Å². The van der Waals surface area contributed by atoms with Gasteiger partial charge in [0.1, 0.15) is 0 Å². The molecule has 0 spiro atoms. The Morgan fingerprint density at radius 2 is 0.708 bits per heavy atom. The molecule has 0 radical (unpaired) electrons. The minimum atomic E-state index is -3.04. The Bertz CT molecular complexity index is 2230. The first kappa shape index (κ1) is 30.6. The third-order valence-corrected chi connectivity index (χ3v) is 16.3. The van der Waals surface area contributed by atoms with Crippen molar-refractivity contribution in [2.24, 2.45) is 0 Å². The first-order chi connectivity index (χ1) is 23.5. The quantitative estimate of drug-likeness (QED) is 0.160. The molecule has 2 unspecified atom stereocenters. The fourth-order valence-corrected chi connectivity index (χ4v) is 13.0. The van der Waals surface area contributed by atoms with Gasteiger partial charge in [0.25, 0.3) is 0 Å². The highest BCUT2D eigenvalue weighted by atomic mass is 31.2. The topological polar surface area (TPSA) is 34.1 Å². The highest BCUT2D eigenvalue weighted by Crippen LogP contribution is 2.57. The Hall–Kier alpha value is -4.74. The number of fused-ring (bicyclic) bond motifs is 2.